The first-order valence-corrected chi connectivity index (χ1v) is 10.1. The molecular formula is C24H36N2O. The lowest BCUT2D eigenvalue weighted by Gasteiger charge is -2.30. The van der Waals surface area contributed by atoms with Crippen molar-refractivity contribution in [3.05, 3.63) is 47.0 Å². The minimum atomic E-state index is -0.408. The fraction of sp³-hybridized carbons (Fsp3) is 0.542. The largest absolute Gasteiger partial charge is 0.286 e. The van der Waals surface area contributed by atoms with Crippen LogP contribution in [-0.2, 0) is 0 Å². The predicted octanol–water partition coefficient (Wildman–Crippen LogP) is 7.11. The van der Waals surface area contributed by atoms with E-state index in [2.05, 4.69) is 59.7 Å². The van der Waals surface area contributed by atoms with Crippen LogP contribution >= 0.6 is 0 Å². The molecule has 0 amide bonds. The first-order valence-electron chi connectivity index (χ1n) is 10.1. The number of anilines is 1. The molecule has 0 bridgehead atoms. The van der Waals surface area contributed by atoms with Crippen LogP contribution in [-0.4, -0.2) is 15.7 Å². The Hall–Kier alpha value is -1.87. The molecule has 1 aromatic heterocycles. The van der Waals surface area contributed by atoms with Gasteiger partial charge >= 0.3 is 0 Å². The van der Waals surface area contributed by atoms with Crippen molar-refractivity contribution < 1.29 is 5.21 Å². The molecule has 2 rings (SSSR count). The van der Waals surface area contributed by atoms with E-state index in [1.54, 1.807) is 0 Å². The Morgan fingerprint density at radius 1 is 0.852 bits per heavy atom. The van der Waals surface area contributed by atoms with Crippen molar-refractivity contribution in [3.8, 4) is 11.3 Å². The van der Waals surface area contributed by atoms with Crippen molar-refractivity contribution in [2.24, 2.45) is 0 Å². The summed E-state index contributed by atoms with van der Waals surface area (Å²) in [5.41, 5.74) is 5.77. The van der Waals surface area contributed by atoms with Gasteiger partial charge < -0.3 is 0 Å². The van der Waals surface area contributed by atoms with Gasteiger partial charge in [-0.05, 0) is 67.3 Å². The zero-order chi connectivity index (χ0) is 20.5. The van der Waals surface area contributed by atoms with Crippen LogP contribution in [0.25, 0.3) is 11.3 Å². The summed E-state index contributed by atoms with van der Waals surface area (Å²) in [6.07, 6.45) is 0. The first-order chi connectivity index (χ1) is 12.4. The Bertz CT molecular complexity index is 756. The summed E-state index contributed by atoms with van der Waals surface area (Å²) in [7, 11) is 0. The molecule has 0 aliphatic heterocycles. The molecule has 0 radical (unpaired) electrons. The lowest BCUT2D eigenvalue weighted by Crippen LogP contribution is -2.39. The molecule has 27 heavy (non-hydrogen) atoms. The smallest absolute Gasteiger partial charge is 0.153 e. The highest BCUT2D eigenvalue weighted by Gasteiger charge is 2.23. The molecular weight excluding hydrogens is 332 g/mol. The molecule has 3 nitrogen and oxygen atoms in total. The summed E-state index contributed by atoms with van der Waals surface area (Å²) in [5.74, 6) is 1.86. The van der Waals surface area contributed by atoms with Crippen molar-refractivity contribution >= 4 is 5.82 Å². The highest BCUT2D eigenvalue weighted by molar-refractivity contribution is 5.71. The number of benzene rings is 1. The molecule has 148 valence electrons. The second-order valence-electron chi connectivity index (χ2n) is 9.40. The molecule has 0 atom stereocenters. The maximum Gasteiger partial charge on any atom is 0.153 e. The van der Waals surface area contributed by atoms with Gasteiger partial charge in [-0.1, -0.05) is 59.7 Å². The normalized spacial score (nSPS) is 12.3. The van der Waals surface area contributed by atoms with Gasteiger partial charge in [-0.15, -0.1) is 0 Å². The Morgan fingerprint density at radius 3 is 1.78 bits per heavy atom. The standard InChI is InChI=1S/C24H36N2O/c1-15(2)18-13-19(16(3)4)23(20(14-18)17(5)6)21-11-10-12-22(25-21)26(27)24(7,8)9/h10-17,27H,1-9H3. The van der Waals surface area contributed by atoms with Crippen LogP contribution in [0.4, 0.5) is 5.82 Å². The average Bonchev–Trinajstić information content (AvgIpc) is 2.58. The van der Waals surface area contributed by atoms with Gasteiger partial charge in [0.2, 0.25) is 0 Å². The van der Waals surface area contributed by atoms with E-state index in [0.717, 1.165) is 5.69 Å². The topological polar surface area (TPSA) is 36.4 Å². The van der Waals surface area contributed by atoms with Crippen LogP contribution < -0.4 is 5.06 Å². The molecule has 3 heteroatoms. The minimum absolute atomic E-state index is 0.398. The monoisotopic (exact) mass is 368 g/mol. The highest BCUT2D eigenvalue weighted by atomic mass is 16.5. The number of hydroxylamine groups is 1. The number of pyridine rings is 1. The van der Waals surface area contributed by atoms with Crippen LogP contribution in [0.15, 0.2) is 30.3 Å². The third-order valence-corrected chi connectivity index (χ3v) is 4.98. The fourth-order valence-electron chi connectivity index (χ4n) is 3.28. The summed E-state index contributed by atoms with van der Waals surface area (Å²) in [6, 6.07) is 10.6. The zero-order valence-corrected chi connectivity index (χ0v) is 18.5. The molecule has 1 heterocycles. The van der Waals surface area contributed by atoms with E-state index < -0.39 is 5.54 Å². The number of hydrogen-bond donors (Lipinski definition) is 1. The SMILES string of the molecule is CC(C)c1cc(C(C)C)c(-c2cccc(N(O)C(C)(C)C)n2)c(C(C)C)c1. The Kier molecular flexibility index (Phi) is 6.36. The maximum atomic E-state index is 10.6. The van der Waals surface area contributed by atoms with Gasteiger partial charge in [-0.3, -0.25) is 5.21 Å². The Balaban J connectivity index is 2.74. The van der Waals surface area contributed by atoms with E-state index in [-0.39, 0.29) is 0 Å². The van der Waals surface area contributed by atoms with E-state index in [0.29, 0.717) is 23.6 Å². The molecule has 2 aromatic rings. The van der Waals surface area contributed by atoms with Gasteiger partial charge in [-0.25, -0.2) is 10.0 Å². The molecule has 0 saturated carbocycles. The number of aromatic nitrogens is 1. The lowest BCUT2D eigenvalue weighted by atomic mass is 9.83. The highest BCUT2D eigenvalue weighted by Crippen LogP contribution is 2.38. The number of nitrogens with zero attached hydrogens (tertiary/aromatic N) is 2. The summed E-state index contributed by atoms with van der Waals surface area (Å²) in [6.45, 7) is 19.4. The summed E-state index contributed by atoms with van der Waals surface area (Å²) in [5, 5.41) is 11.8. The molecule has 1 N–H and O–H groups in total. The summed E-state index contributed by atoms with van der Waals surface area (Å²) >= 11 is 0. The van der Waals surface area contributed by atoms with Crippen LogP contribution in [0.2, 0.25) is 0 Å². The van der Waals surface area contributed by atoms with Crippen molar-refractivity contribution in [2.45, 2.75) is 85.6 Å². The molecule has 0 fully saturated rings. The van der Waals surface area contributed by atoms with E-state index >= 15 is 0 Å². The average molecular weight is 369 g/mol. The van der Waals surface area contributed by atoms with Gasteiger partial charge in [0, 0.05) is 5.56 Å². The molecule has 0 aliphatic carbocycles. The molecule has 1 aromatic carbocycles. The van der Waals surface area contributed by atoms with Crippen molar-refractivity contribution in [1.82, 2.24) is 4.98 Å². The lowest BCUT2D eigenvalue weighted by molar-refractivity contribution is 0.178. The fourth-order valence-corrected chi connectivity index (χ4v) is 3.28. The number of rotatable bonds is 5. The predicted molar refractivity (Wildman–Crippen MR) is 116 cm³/mol. The van der Waals surface area contributed by atoms with E-state index in [1.165, 1.54) is 27.3 Å². The van der Waals surface area contributed by atoms with Gasteiger partial charge in [0.25, 0.3) is 0 Å². The van der Waals surface area contributed by atoms with E-state index in [4.69, 9.17) is 4.98 Å². The Labute approximate surface area is 165 Å². The van der Waals surface area contributed by atoms with E-state index in [1.807, 2.05) is 32.9 Å². The van der Waals surface area contributed by atoms with Gasteiger partial charge in [0.05, 0.1) is 11.2 Å². The van der Waals surface area contributed by atoms with Crippen LogP contribution in [0.5, 0.6) is 0 Å². The minimum Gasteiger partial charge on any atom is -0.286 e. The third kappa shape index (κ3) is 4.70. The molecule has 0 aliphatic rings. The van der Waals surface area contributed by atoms with Gasteiger partial charge in [0.15, 0.2) is 5.82 Å². The van der Waals surface area contributed by atoms with Crippen molar-refractivity contribution in [2.75, 3.05) is 5.06 Å². The molecule has 0 saturated heterocycles. The summed E-state index contributed by atoms with van der Waals surface area (Å²) in [4.78, 5) is 4.85. The zero-order valence-electron chi connectivity index (χ0n) is 18.5. The van der Waals surface area contributed by atoms with Crippen LogP contribution in [0, 0.1) is 0 Å². The van der Waals surface area contributed by atoms with Gasteiger partial charge in [0.1, 0.15) is 0 Å². The van der Waals surface area contributed by atoms with Crippen molar-refractivity contribution in [3.63, 3.8) is 0 Å². The third-order valence-electron chi connectivity index (χ3n) is 4.98. The Morgan fingerprint density at radius 2 is 1.37 bits per heavy atom. The quantitative estimate of drug-likeness (QED) is 0.571. The van der Waals surface area contributed by atoms with Gasteiger partial charge in [-0.2, -0.15) is 0 Å². The number of hydrogen-bond acceptors (Lipinski definition) is 3. The second kappa shape index (κ2) is 8.02. The first kappa shape index (κ1) is 21.4. The molecule has 0 spiro atoms. The second-order valence-corrected chi connectivity index (χ2v) is 9.40. The summed E-state index contributed by atoms with van der Waals surface area (Å²) < 4.78 is 0. The van der Waals surface area contributed by atoms with Crippen molar-refractivity contribution in [1.29, 1.82) is 0 Å². The maximum absolute atomic E-state index is 10.6. The van der Waals surface area contributed by atoms with E-state index in [9.17, 15) is 5.21 Å². The van der Waals surface area contributed by atoms with Crippen LogP contribution in [0.1, 0.15) is 96.8 Å². The van der Waals surface area contributed by atoms with Crippen LogP contribution in [0.3, 0.4) is 0 Å². The molecule has 0 unspecified atom stereocenters.